The summed E-state index contributed by atoms with van der Waals surface area (Å²) >= 11 is 1.33. The van der Waals surface area contributed by atoms with Gasteiger partial charge in [0.05, 0.1) is 19.9 Å². The summed E-state index contributed by atoms with van der Waals surface area (Å²) in [5.74, 6) is 0.0792. The van der Waals surface area contributed by atoms with Crippen LogP contribution in [0.25, 0.3) is 10.1 Å². The Morgan fingerprint density at radius 3 is 2.58 bits per heavy atom. The molecule has 0 atom stereocenters. The van der Waals surface area contributed by atoms with Gasteiger partial charge in [-0.25, -0.2) is 4.79 Å². The minimum atomic E-state index is -0.525. The molecule has 1 heterocycles. The predicted octanol–water partition coefficient (Wildman–Crippen LogP) is 3.71. The summed E-state index contributed by atoms with van der Waals surface area (Å²) in [5, 5.41) is 3.62. The van der Waals surface area contributed by atoms with Crippen molar-refractivity contribution in [1.29, 1.82) is 0 Å². The number of rotatable bonds is 6. The molecule has 26 heavy (non-hydrogen) atoms. The van der Waals surface area contributed by atoms with E-state index in [1.807, 2.05) is 24.3 Å². The Balaban J connectivity index is 1.61. The molecule has 134 valence electrons. The zero-order valence-electron chi connectivity index (χ0n) is 14.3. The SMILES string of the molecule is COc1ccc(NC(=O)COC(=O)c2cc3ccccc3s2)c(OC)c1. The second-order valence-corrected chi connectivity index (χ2v) is 6.42. The van der Waals surface area contributed by atoms with Crippen molar-refractivity contribution in [2.24, 2.45) is 0 Å². The van der Waals surface area contributed by atoms with Crippen LogP contribution in [-0.4, -0.2) is 32.7 Å². The quantitative estimate of drug-likeness (QED) is 0.669. The van der Waals surface area contributed by atoms with Crippen molar-refractivity contribution in [2.45, 2.75) is 0 Å². The summed E-state index contributed by atoms with van der Waals surface area (Å²) < 4.78 is 16.4. The van der Waals surface area contributed by atoms with E-state index < -0.39 is 11.9 Å². The molecule has 3 rings (SSSR count). The summed E-state index contributed by atoms with van der Waals surface area (Å²) in [5.41, 5.74) is 0.469. The lowest BCUT2D eigenvalue weighted by molar-refractivity contribution is -0.119. The molecule has 2 aromatic carbocycles. The van der Waals surface area contributed by atoms with Crippen molar-refractivity contribution in [1.82, 2.24) is 0 Å². The summed E-state index contributed by atoms with van der Waals surface area (Å²) in [4.78, 5) is 24.7. The van der Waals surface area contributed by atoms with Gasteiger partial charge in [0.1, 0.15) is 16.4 Å². The molecular weight excluding hydrogens is 354 g/mol. The molecule has 0 aliphatic heterocycles. The van der Waals surface area contributed by atoms with Crippen LogP contribution in [0.2, 0.25) is 0 Å². The second-order valence-electron chi connectivity index (χ2n) is 5.34. The highest BCUT2D eigenvalue weighted by atomic mass is 32.1. The number of carbonyl (C=O) groups excluding carboxylic acids is 2. The van der Waals surface area contributed by atoms with E-state index in [9.17, 15) is 9.59 Å². The Hall–Kier alpha value is -3.06. The molecule has 3 aromatic rings. The maximum Gasteiger partial charge on any atom is 0.348 e. The summed E-state index contributed by atoms with van der Waals surface area (Å²) in [7, 11) is 3.03. The highest BCUT2D eigenvalue weighted by Crippen LogP contribution is 2.29. The fourth-order valence-electron chi connectivity index (χ4n) is 2.37. The largest absolute Gasteiger partial charge is 0.497 e. The van der Waals surface area contributed by atoms with Gasteiger partial charge in [0.25, 0.3) is 5.91 Å². The van der Waals surface area contributed by atoms with Crippen LogP contribution in [0.3, 0.4) is 0 Å². The van der Waals surface area contributed by atoms with E-state index in [1.165, 1.54) is 18.4 Å². The van der Waals surface area contributed by atoms with Gasteiger partial charge >= 0.3 is 5.97 Å². The maximum atomic E-state index is 12.1. The first-order valence-corrected chi connectivity index (χ1v) is 8.60. The van der Waals surface area contributed by atoms with E-state index in [4.69, 9.17) is 14.2 Å². The zero-order chi connectivity index (χ0) is 18.5. The number of carbonyl (C=O) groups is 2. The second kappa shape index (κ2) is 7.88. The monoisotopic (exact) mass is 371 g/mol. The normalized spacial score (nSPS) is 10.4. The number of benzene rings is 2. The highest BCUT2D eigenvalue weighted by Gasteiger charge is 2.15. The lowest BCUT2D eigenvalue weighted by atomic mass is 10.2. The molecule has 0 fully saturated rings. The zero-order valence-corrected chi connectivity index (χ0v) is 15.1. The molecule has 1 N–H and O–H groups in total. The maximum absolute atomic E-state index is 12.1. The Labute approximate surface area is 154 Å². The van der Waals surface area contributed by atoms with Crippen molar-refractivity contribution in [2.75, 3.05) is 26.1 Å². The lowest BCUT2D eigenvalue weighted by Crippen LogP contribution is -2.20. The molecular formula is C19H17NO5S. The van der Waals surface area contributed by atoms with Crippen LogP contribution in [-0.2, 0) is 9.53 Å². The van der Waals surface area contributed by atoms with E-state index in [1.54, 1.807) is 31.4 Å². The highest BCUT2D eigenvalue weighted by molar-refractivity contribution is 7.20. The van der Waals surface area contributed by atoms with Crippen molar-refractivity contribution in [3.63, 3.8) is 0 Å². The fraction of sp³-hybridized carbons (Fsp3) is 0.158. The Kier molecular flexibility index (Phi) is 5.38. The van der Waals surface area contributed by atoms with Crippen LogP contribution in [0.1, 0.15) is 9.67 Å². The molecule has 0 unspecified atom stereocenters. The van der Waals surface area contributed by atoms with Crippen LogP contribution in [0, 0.1) is 0 Å². The number of hydrogen-bond acceptors (Lipinski definition) is 6. The minimum Gasteiger partial charge on any atom is -0.497 e. The van der Waals surface area contributed by atoms with Gasteiger partial charge in [0.2, 0.25) is 0 Å². The third-order valence-corrected chi connectivity index (χ3v) is 4.74. The number of thiophene rings is 1. The van der Waals surface area contributed by atoms with Gasteiger partial charge in [-0.2, -0.15) is 0 Å². The Bertz CT molecular complexity index is 917. The molecule has 0 radical (unpaired) electrons. The van der Waals surface area contributed by atoms with E-state index >= 15 is 0 Å². The number of hydrogen-bond donors (Lipinski definition) is 1. The predicted molar refractivity (Wildman–Crippen MR) is 100 cm³/mol. The van der Waals surface area contributed by atoms with Crippen molar-refractivity contribution in [3.05, 3.63) is 53.4 Å². The molecule has 0 aliphatic rings. The molecule has 0 saturated heterocycles. The summed E-state index contributed by atoms with van der Waals surface area (Å²) in [6, 6.07) is 14.4. The first-order valence-electron chi connectivity index (χ1n) is 7.78. The molecule has 6 nitrogen and oxygen atoms in total. The Morgan fingerprint density at radius 2 is 1.85 bits per heavy atom. The van der Waals surface area contributed by atoms with E-state index in [0.717, 1.165) is 10.1 Å². The number of ether oxygens (including phenoxy) is 3. The number of amides is 1. The van der Waals surface area contributed by atoms with Crippen molar-refractivity contribution >= 4 is 39.0 Å². The smallest absolute Gasteiger partial charge is 0.348 e. The van der Waals surface area contributed by atoms with Gasteiger partial charge in [-0.05, 0) is 29.7 Å². The first-order chi connectivity index (χ1) is 12.6. The first kappa shape index (κ1) is 17.8. The Morgan fingerprint density at radius 1 is 1.04 bits per heavy atom. The molecule has 1 aromatic heterocycles. The standard InChI is InChI=1S/C19H17NO5S/c1-23-13-7-8-14(15(10-13)24-2)20-18(21)11-25-19(22)17-9-12-5-3-4-6-16(12)26-17/h3-10H,11H2,1-2H3,(H,20,21). The minimum absolute atomic E-state index is 0.387. The summed E-state index contributed by atoms with van der Waals surface area (Å²) in [6.07, 6.45) is 0. The molecule has 0 bridgehead atoms. The van der Waals surface area contributed by atoms with Crippen molar-refractivity contribution < 1.29 is 23.8 Å². The van der Waals surface area contributed by atoms with Gasteiger partial charge in [0, 0.05) is 10.8 Å². The molecule has 0 spiro atoms. The third-order valence-electron chi connectivity index (χ3n) is 3.64. The van der Waals surface area contributed by atoms with Gasteiger partial charge in [0.15, 0.2) is 6.61 Å². The number of methoxy groups -OCH3 is 2. The summed E-state index contributed by atoms with van der Waals surface area (Å²) in [6.45, 7) is -0.387. The topological polar surface area (TPSA) is 73.9 Å². The van der Waals surface area contributed by atoms with Crippen molar-refractivity contribution in [3.8, 4) is 11.5 Å². The number of anilines is 1. The van der Waals surface area contributed by atoms with Gasteiger partial charge in [-0.15, -0.1) is 11.3 Å². The number of fused-ring (bicyclic) bond motifs is 1. The van der Waals surface area contributed by atoms with Crippen LogP contribution in [0.15, 0.2) is 48.5 Å². The lowest BCUT2D eigenvalue weighted by Gasteiger charge is -2.11. The molecule has 0 aliphatic carbocycles. The van der Waals surface area contributed by atoms with E-state index in [-0.39, 0.29) is 6.61 Å². The average molecular weight is 371 g/mol. The number of nitrogens with one attached hydrogen (secondary N) is 1. The van der Waals surface area contributed by atoms with Gasteiger partial charge in [-0.1, -0.05) is 18.2 Å². The van der Waals surface area contributed by atoms with Crippen LogP contribution < -0.4 is 14.8 Å². The third kappa shape index (κ3) is 3.94. The molecule has 0 saturated carbocycles. The van der Waals surface area contributed by atoms with E-state index in [2.05, 4.69) is 5.32 Å². The number of esters is 1. The van der Waals surface area contributed by atoms with E-state index in [0.29, 0.717) is 22.1 Å². The van der Waals surface area contributed by atoms with Gasteiger partial charge in [-0.3, -0.25) is 4.79 Å². The average Bonchev–Trinajstić information content (AvgIpc) is 3.10. The van der Waals surface area contributed by atoms with Crippen LogP contribution >= 0.6 is 11.3 Å². The van der Waals surface area contributed by atoms with Crippen LogP contribution in [0.4, 0.5) is 5.69 Å². The van der Waals surface area contributed by atoms with Crippen LogP contribution in [0.5, 0.6) is 11.5 Å². The van der Waals surface area contributed by atoms with Gasteiger partial charge < -0.3 is 19.5 Å². The molecule has 1 amide bonds. The fourth-order valence-corrected chi connectivity index (χ4v) is 3.33. The molecule has 7 heteroatoms.